The fraction of sp³-hybridized carbons (Fsp3) is 0.118. The predicted molar refractivity (Wildman–Crippen MR) is 87.8 cm³/mol. The Hall–Kier alpha value is -2.71. The number of thiazole rings is 1. The first-order valence-electron chi connectivity index (χ1n) is 6.84. The predicted octanol–water partition coefficient (Wildman–Crippen LogP) is 3.91. The van der Waals surface area contributed by atoms with E-state index in [0.29, 0.717) is 10.7 Å². The number of anilines is 1. The second-order valence-corrected chi connectivity index (χ2v) is 5.97. The molecule has 0 aliphatic heterocycles. The van der Waals surface area contributed by atoms with Gasteiger partial charge in [-0.25, -0.2) is 4.98 Å². The van der Waals surface area contributed by atoms with Crippen LogP contribution in [0.25, 0.3) is 10.2 Å². The lowest BCUT2D eigenvalue weighted by molar-refractivity contribution is -0.117. The third-order valence-corrected chi connectivity index (χ3v) is 4.37. The van der Waals surface area contributed by atoms with Crippen LogP contribution in [0.4, 0.5) is 5.13 Å². The summed E-state index contributed by atoms with van der Waals surface area (Å²) in [4.78, 5) is 16.7. The largest absolute Gasteiger partial charge is 0.301 e. The molecule has 1 aromatic heterocycles. The van der Waals surface area contributed by atoms with Crippen molar-refractivity contribution in [2.45, 2.75) is 12.8 Å². The van der Waals surface area contributed by atoms with Crippen LogP contribution >= 0.6 is 11.3 Å². The quantitative estimate of drug-likeness (QED) is 0.797. The summed E-state index contributed by atoms with van der Waals surface area (Å²) in [6.07, 6.45) is 0. The summed E-state index contributed by atoms with van der Waals surface area (Å²) in [7, 11) is 0. The van der Waals surface area contributed by atoms with Gasteiger partial charge in [0.15, 0.2) is 5.13 Å². The molecule has 0 radical (unpaired) electrons. The first-order valence-corrected chi connectivity index (χ1v) is 7.65. The van der Waals surface area contributed by atoms with Crippen molar-refractivity contribution in [3.8, 4) is 6.07 Å². The van der Waals surface area contributed by atoms with E-state index in [-0.39, 0.29) is 11.8 Å². The first kappa shape index (κ1) is 14.2. The average Bonchev–Trinajstić information content (AvgIpc) is 2.95. The zero-order valence-corrected chi connectivity index (χ0v) is 12.7. The van der Waals surface area contributed by atoms with Crippen LogP contribution in [0.15, 0.2) is 48.5 Å². The number of nitrogens with one attached hydrogen (secondary N) is 1. The molecule has 108 valence electrons. The number of amides is 1. The molecule has 1 atom stereocenters. The molecule has 3 rings (SSSR count). The molecule has 0 fully saturated rings. The highest BCUT2D eigenvalue weighted by atomic mass is 32.1. The van der Waals surface area contributed by atoms with E-state index < -0.39 is 0 Å². The molecule has 22 heavy (non-hydrogen) atoms. The van der Waals surface area contributed by atoms with Crippen LogP contribution in [-0.4, -0.2) is 10.9 Å². The fourth-order valence-electron chi connectivity index (χ4n) is 2.15. The van der Waals surface area contributed by atoms with E-state index in [1.807, 2.05) is 37.3 Å². The van der Waals surface area contributed by atoms with E-state index in [0.717, 1.165) is 15.8 Å². The molecule has 1 unspecified atom stereocenters. The maximum absolute atomic E-state index is 12.3. The zero-order valence-electron chi connectivity index (χ0n) is 11.9. The molecule has 1 amide bonds. The molecule has 2 aromatic carbocycles. The molecule has 0 aliphatic rings. The van der Waals surface area contributed by atoms with Crippen LogP contribution in [0.3, 0.4) is 0 Å². The molecule has 1 heterocycles. The van der Waals surface area contributed by atoms with E-state index in [1.54, 1.807) is 18.2 Å². The second kappa shape index (κ2) is 5.96. The summed E-state index contributed by atoms with van der Waals surface area (Å²) in [5.41, 5.74) is 2.34. The molecule has 0 bridgehead atoms. The van der Waals surface area contributed by atoms with E-state index in [9.17, 15) is 4.79 Å². The number of rotatable bonds is 3. The van der Waals surface area contributed by atoms with E-state index >= 15 is 0 Å². The minimum absolute atomic E-state index is 0.0919. The number of aromatic nitrogens is 1. The summed E-state index contributed by atoms with van der Waals surface area (Å²) in [6, 6.07) is 17.0. The minimum Gasteiger partial charge on any atom is -0.301 e. The van der Waals surface area contributed by atoms with Gasteiger partial charge in [0.1, 0.15) is 0 Å². The van der Waals surface area contributed by atoms with Crippen molar-refractivity contribution in [2.24, 2.45) is 0 Å². The molecule has 4 nitrogen and oxygen atoms in total. The van der Waals surface area contributed by atoms with Crippen LogP contribution in [0.5, 0.6) is 0 Å². The minimum atomic E-state index is -0.247. The zero-order chi connectivity index (χ0) is 15.5. The average molecular weight is 307 g/mol. The maximum Gasteiger partial charge on any atom is 0.233 e. The van der Waals surface area contributed by atoms with Gasteiger partial charge in [0.2, 0.25) is 5.91 Å². The third kappa shape index (κ3) is 2.83. The van der Waals surface area contributed by atoms with Gasteiger partial charge in [-0.05, 0) is 30.7 Å². The van der Waals surface area contributed by atoms with Gasteiger partial charge in [0.25, 0.3) is 0 Å². The van der Waals surface area contributed by atoms with E-state index in [4.69, 9.17) is 5.26 Å². The Kier molecular flexibility index (Phi) is 3.86. The SMILES string of the molecule is CC(C(=O)Nc1nc2ccc(C#N)cc2s1)c1ccccc1. The van der Waals surface area contributed by atoms with Crippen LogP contribution in [0, 0.1) is 11.3 Å². The van der Waals surface area contributed by atoms with Gasteiger partial charge in [-0.15, -0.1) is 0 Å². The lowest BCUT2D eigenvalue weighted by Crippen LogP contribution is -2.18. The molecule has 0 saturated carbocycles. The summed E-state index contributed by atoms with van der Waals surface area (Å²) in [6.45, 7) is 1.87. The van der Waals surface area contributed by atoms with Gasteiger partial charge in [0, 0.05) is 0 Å². The molecule has 5 heteroatoms. The Morgan fingerprint density at radius 2 is 2.05 bits per heavy atom. The summed E-state index contributed by atoms with van der Waals surface area (Å²) < 4.78 is 0.890. The third-order valence-electron chi connectivity index (χ3n) is 3.44. The summed E-state index contributed by atoms with van der Waals surface area (Å²) >= 11 is 1.37. The van der Waals surface area contributed by atoms with Gasteiger partial charge in [-0.3, -0.25) is 4.79 Å². The van der Waals surface area contributed by atoms with Crippen molar-refractivity contribution in [3.05, 3.63) is 59.7 Å². The van der Waals surface area contributed by atoms with Crippen molar-refractivity contribution in [3.63, 3.8) is 0 Å². The van der Waals surface area contributed by atoms with Crippen molar-refractivity contribution < 1.29 is 4.79 Å². The van der Waals surface area contributed by atoms with Crippen molar-refractivity contribution in [2.75, 3.05) is 5.32 Å². The Morgan fingerprint density at radius 3 is 2.77 bits per heavy atom. The lowest BCUT2D eigenvalue weighted by Gasteiger charge is -2.10. The second-order valence-electron chi connectivity index (χ2n) is 4.93. The number of fused-ring (bicyclic) bond motifs is 1. The number of nitrogens with zero attached hydrogens (tertiary/aromatic N) is 2. The number of nitriles is 1. The van der Waals surface area contributed by atoms with Crippen LogP contribution in [-0.2, 0) is 4.79 Å². The van der Waals surface area contributed by atoms with Crippen LogP contribution < -0.4 is 5.32 Å². The molecule has 0 saturated heterocycles. The van der Waals surface area contributed by atoms with Crippen molar-refractivity contribution in [1.29, 1.82) is 5.26 Å². The Bertz CT molecular complexity index is 864. The van der Waals surface area contributed by atoms with Crippen LogP contribution in [0.1, 0.15) is 24.0 Å². The number of hydrogen-bond acceptors (Lipinski definition) is 4. The lowest BCUT2D eigenvalue weighted by atomic mass is 10.0. The van der Waals surface area contributed by atoms with Crippen molar-refractivity contribution >= 4 is 32.6 Å². The Labute approximate surface area is 132 Å². The summed E-state index contributed by atoms with van der Waals surface area (Å²) in [5.74, 6) is -0.339. The van der Waals surface area contributed by atoms with Crippen molar-refractivity contribution in [1.82, 2.24) is 4.98 Å². The molecular formula is C17H13N3OS. The van der Waals surface area contributed by atoms with Gasteiger partial charge in [-0.1, -0.05) is 41.7 Å². The monoisotopic (exact) mass is 307 g/mol. The molecule has 1 N–H and O–H groups in total. The number of hydrogen-bond donors (Lipinski definition) is 1. The summed E-state index contributed by atoms with van der Waals surface area (Å²) in [5, 5.41) is 12.3. The maximum atomic E-state index is 12.3. The van der Waals surface area contributed by atoms with Gasteiger partial charge < -0.3 is 5.32 Å². The first-order chi connectivity index (χ1) is 10.7. The highest BCUT2D eigenvalue weighted by molar-refractivity contribution is 7.22. The topological polar surface area (TPSA) is 65.8 Å². The molecule has 0 aliphatic carbocycles. The standard InChI is InChI=1S/C17H13N3OS/c1-11(13-5-3-2-4-6-13)16(21)20-17-19-14-8-7-12(10-18)9-15(14)22-17/h2-9,11H,1H3,(H,19,20,21). The van der Waals surface area contributed by atoms with Gasteiger partial charge in [0.05, 0.1) is 27.8 Å². The molecular weight excluding hydrogens is 294 g/mol. The number of carbonyl (C=O) groups excluding carboxylic acids is 1. The van der Waals surface area contributed by atoms with Crippen LogP contribution in [0.2, 0.25) is 0 Å². The van der Waals surface area contributed by atoms with E-state index in [1.165, 1.54) is 11.3 Å². The number of carbonyl (C=O) groups is 1. The normalized spacial score (nSPS) is 11.8. The fourth-order valence-corrected chi connectivity index (χ4v) is 3.06. The Morgan fingerprint density at radius 1 is 1.27 bits per heavy atom. The molecule has 0 spiro atoms. The highest BCUT2D eigenvalue weighted by Gasteiger charge is 2.16. The van der Waals surface area contributed by atoms with E-state index in [2.05, 4.69) is 16.4 Å². The van der Waals surface area contributed by atoms with Gasteiger partial charge >= 0.3 is 0 Å². The smallest absolute Gasteiger partial charge is 0.233 e. The number of benzene rings is 2. The van der Waals surface area contributed by atoms with Gasteiger partial charge in [-0.2, -0.15) is 5.26 Å². The highest BCUT2D eigenvalue weighted by Crippen LogP contribution is 2.27. The molecule has 3 aromatic rings. The Balaban J connectivity index is 1.81.